The summed E-state index contributed by atoms with van der Waals surface area (Å²) in [5, 5.41) is 5.74. The van der Waals surface area contributed by atoms with Crippen molar-refractivity contribution in [2.75, 3.05) is 24.9 Å². The van der Waals surface area contributed by atoms with Gasteiger partial charge in [-0.3, -0.25) is 9.59 Å². The Bertz CT molecular complexity index is 677. The van der Waals surface area contributed by atoms with E-state index in [1.165, 1.54) is 0 Å². The monoisotopic (exact) mass is 384 g/mol. The van der Waals surface area contributed by atoms with Crippen LogP contribution >= 0.6 is 0 Å². The van der Waals surface area contributed by atoms with Crippen LogP contribution in [0.3, 0.4) is 0 Å². The lowest BCUT2D eigenvalue weighted by molar-refractivity contribution is -0.117. The molecule has 0 unspecified atom stereocenters. The molecule has 2 rings (SSSR count). The van der Waals surface area contributed by atoms with Crippen molar-refractivity contribution in [3.05, 3.63) is 48.5 Å². The second-order valence-corrected chi connectivity index (χ2v) is 6.47. The average molecular weight is 384 g/mol. The lowest BCUT2D eigenvalue weighted by atomic mass is 10.1. The zero-order valence-corrected chi connectivity index (χ0v) is 16.5. The highest BCUT2D eigenvalue weighted by Gasteiger charge is 2.05. The number of amides is 2. The van der Waals surface area contributed by atoms with Gasteiger partial charge in [-0.05, 0) is 61.4 Å². The Morgan fingerprint density at radius 1 is 0.643 bits per heavy atom. The maximum atomic E-state index is 11.9. The highest BCUT2D eigenvalue weighted by Crippen LogP contribution is 2.17. The molecule has 0 aliphatic carbocycles. The minimum atomic E-state index is 0.00224. The summed E-state index contributed by atoms with van der Waals surface area (Å²) in [5.41, 5.74) is 1.53. The second-order valence-electron chi connectivity index (χ2n) is 6.47. The highest BCUT2D eigenvalue weighted by molar-refractivity contribution is 5.91. The minimum Gasteiger partial charge on any atom is -0.497 e. The van der Waals surface area contributed by atoms with Crippen molar-refractivity contribution < 1.29 is 19.1 Å². The van der Waals surface area contributed by atoms with E-state index in [2.05, 4.69) is 10.6 Å². The highest BCUT2D eigenvalue weighted by atomic mass is 16.5. The number of benzene rings is 2. The molecule has 28 heavy (non-hydrogen) atoms. The first-order chi connectivity index (χ1) is 13.6. The third-order valence-corrected chi connectivity index (χ3v) is 4.31. The van der Waals surface area contributed by atoms with Gasteiger partial charge in [-0.25, -0.2) is 0 Å². The third kappa shape index (κ3) is 7.70. The molecule has 6 nitrogen and oxygen atoms in total. The normalized spacial score (nSPS) is 10.2. The molecule has 0 saturated heterocycles. The molecule has 2 aromatic carbocycles. The van der Waals surface area contributed by atoms with Crippen LogP contribution in [0.2, 0.25) is 0 Å². The van der Waals surface area contributed by atoms with Crippen molar-refractivity contribution >= 4 is 23.2 Å². The topological polar surface area (TPSA) is 76.7 Å². The summed E-state index contributed by atoms with van der Waals surface area (Å²) in [4.78, 5) is 23.9. The molecule has 6 heteroatoms. The Labute approximate surface area is 166 Å². The van der Waals surface area contributed by atoms with Crippen LogP contribution in [-0.4, -0.2) is 26.0 Å². The molecular formula is C22H28N2O4. The zero-order chi connectivity index (χ0) is 20.2. The zero-order valence-electron chi connectivity index (χ0n) is 16.5. The van der Waals surface area contributed by atoms with Gasteiger partial charge >= 0.3 is 0 Å². The first-order valence-electron chi connectivity index (χ1n) is 9.48. The number of nitrogens with one attached hydrogen (secondary N) is 2. The molecule has 0 fully saturated rings. The van der Waals surface area contributed by atoms with Crippen molar-refractivity contribution in [2.24, 2.45) is 0 Å². The van der Waals surface area contributed by atoms with E-state index in [0.717, 1.165) is 48.6 Å². The third-order valence-electron chi connectivity index (χ3n) is 4.31. The fourth-order valence-electron chi connectivity index (χ4n) is 2.72. The molecular weight excluding hydrogens is 356 g/mol. The molecule has 0 aromatic heterocycles. The number of ether oxygens (including phenoxy) is 2. The molecule has 0 bridgehead atoms. The van der Waals surface area contributed by atoms with Crippen molar-refractivity contribution in [3.63, 3.8) is 0 Å². The van der Waals surface area contributed by atoms with E-state index in [0.29, 0.717) is 12.8 Å². The van der Waals surface area contributed by atoms with Gasteiger partial charge in [-0.2, -0.15) is 0 Å². The van der Waals surface area contributed by atoms with Gasteiger partial charge in [0.15, 0.2) is 0 Å². The number of carbonyl (C=O) groups excluding carboxylic acids is 2. The summed E-state index contributed by atoms with van der Waals surface area (Å²) < 4.78 is 10.2. The fraction of sp³-hybridized carbons (Fsp3) is 0.364. The van der Waals surface area contributed by atoms with Crippen LogP contribution in [-0.2, 0) is 9.59 Å². The van der Waals surface area contributed by atoms with Gasteiger partial charge in [-0.15, -0.1) is 0 Å². The Balaban J connectivity index is 1.54. The van der Waals surface area contributed by atoms with Crippen LogP contribution in [0.1, 0.15) is 38.5 Å². The summed E-state index contributed by atoms with van der Waals surface area (Å²) >= 11 is 0. The van der Waals surface area contributed by atoms with Gasteiger partial charge in [0.1, 0.15) is 11.5 Å². The van der Waals surface area contributed by atoms with Crippen molar-refractivity contribution in [1.82, 2.24) is 0 Å². The van der Waals surface area contributed by atoms with Gasteiger partial charge in [0.05, 0.1) is 14.2 Å². The number of hydrogen-bond acceptors (Lipinski definition) is 4. The number of unbranched alkanes of at least 4 members (excludes halogenated alkanes) is 3. The molecule has 150 valence electrons. The van der Waals surface area contributed by atoms with Crippen LogP contribution in [0, 0.1) is 0 Å². The molecule has 0 saturated carbocycles. The lowest BCUT2D eigenvalue weighted by Gasteiger charge is -2.07. The molecule has 0 heterocycles. The standard InChI is InChI=1S/C22H28N2O4/c1-27-19-13-9-17(10-14-19)23-21(25)7-5-3-4-6-8-22(26)24-18-11-15-20(28-2)16-12-18/h9-16H,3-8H2,1-2H3,(H,23,25)(H,24,26). The van der Waals surface area contributed by atoms with Gasteiger partial charge in [0.2, 0.25) is 11.8 Å². The molecule has 0 atom stereocenters. The van der Waals surface area contributed by atoms with E-state index in [9.17, 15) is 9.59 Å². The summed E-state index contributed by atoms with van der Waals surface area (Å²) in [6.07, 6.45) is 4.41. The summed E-state index contributed by atoms with van der Waals surface area (Å²) in [6.45, 7) is 0. The van der Waals surface area contributed by atoms with Gasteiger partial charge in [-0.1, -0.05) is 12.8 Å². The smallest absolute Gasteiger partial charge is 0.224 e. The average Bonchev–Trinajstić information content (AvgIpc) is 2.71. The molecule has 2 amide bonds. The van der Waals surface area contributed by atoms with E-state index in [1.807, 2.05) is 48.5 Å². The van der Waals surface area contributed by atoms with E-state index in [4.69, 9.17) is 9.47 Å². The van der Waals surface area contributed by atoms with E-state index >= 15 is 0 Å². The predicted octanol–water partition coefficient (Wildman–Crippen LogP) is 4.62. The fourth-order valence-corrected chi connectivity index (χ4v) is 2.72. The maximum Gasteiger partial charge on any atom is 0.224 e. The Kier molecular flexibility index (Phi) is 8.85. The van der Waals surface area contributed by atoms with Crippen LogP contribution in [0.4, 0.5) is 11.4 Å². The first kappa shape index (κ1) is 21.3. The molecule has 2 aromatic rings. The van der Waals surface area contributed by atoms with Crippen molar-refractivity contribution in [3.8, 4) is 11.5 Å². The number of anilines is 2. The molecule has 0 radical (unpaired) electrons. The summed E-state index contributed by atoms with van der Waals surface area (Å²) in [7, 11) is 3.21. The van der Waals surface area contributed by atoms with Gasteiger partial charge < -0.3 is 20.1 Å². The van der Waals surface area contributed by atoms with E-state index < -0.39 is 0 Å². The number of hydrogen-bond donors (Lipinski definition) is 2. The number of rotatable bonds is 11. The molecule has 0 aliphatic heterocycles. The SMILES string of the molecule is COc1ccc(NC(=O)CCCCCCC(=O)Nc2ccc(OC)cc2)cc1. The van der Waals surface area contributed by atoms with Gasteiger partial charge in [0.25, 0.3) is 0 Å². The lowest BCUT2D eigenvalue weighted by Crippen LogP contribution is -2.11. The summed E-state index contributed by atoms with van der Waals surface area (Å²) in [6, 6.07) is 14.5. The predicted molar refractivity (Wildman–Crippen MR) is 111 cm³/mol. The number of carbonyl (C=O) groups is 2. The van der Waals surface area contributed by atoms with Crippen LogP contribution in [0.25, 0.3) is 0 Å². The van der Waals surface area contributed by atoms with Crippen LogP contribution in [0.5, 0.6) is 11.5 Å². The van der Waals surface area contributed by atoms with E-state index in [-0.39, 0.29) is 11.8 Å². The Morgan fingerprint density at radius 3 is 1.32 bits per heavy atom. The second kappa shape index (κ2) is 11.6. The van der Waals surface area contributed by atoms with Crippen LogP contribution < -0.4 is 20.1 Å². The Hall–Kier alpha value is -3.02. The largest absolute Gasteiger partial charge is 0.497 e. The molecule has 0 aliphatic rings. The maximum absolute atomic E-state index is 11.9. The number of methoxy groups -OCH3 is 2. The van der Waals surface area contributed by atoms with Crippen molar-refractivity contribution in [2.45, 2.75) is 38.5 Å². The Morgan fingerprint density at radius 2 is 1.00 bits per heavy atom. The molecule has 0 spiro atoms. The quantitative estimate of drug-likeness (QED) is 0.554. The van der Waals surface area contributed by atoms with Crippen molar-refractivity contribution in [1.29, 1.82) is 0 Å². The van der Waals surface area contributed by atoms with Gasteiger partial charge in [0, 0.05) is 24.2 Å². The summed E-state index contributed by atoms with van der Waals surface area (Å²) in [5.74, 6) is 1.52. The first-order valence-corrected chi connectivity index (χ1v) is 9.48. The minimum absolute atomic E-state index is 0.00224. The molecule has 2 N–H and O–H groups in total. The van der Waals surface area contributed by atoms with E-state index in [1.54, 1.807) is 14.2 Å². The van der Waals surface area contributed by atoms with Crippen LogP contribution in [0.15, 0.2) is 48.5 Å².